The van der Waals surface area contributed by atoms with Crippen molar-refractivity contribution in [1.82, 2.24) is 4.90 Å². The lowest BCUT2D eigenvalue weighted by molar-refractivity contribution is -0.384. The quantitative estimate of drug-likeness (QED) is 0.458. The SMILES string of the molecule is CC1CC(C)CN(Cc2c(O)ccc3c2O/C(=C/c2ccc([N+](=O)[O-])cc2)C3=O)C1. The molecule has 2 heterocycles. The van der Waals surface area contributed by atoms with Crippen LogP contribution in [0, 0.1) is 22.0 Å². The fourth-order valence-corrected chi connectivity index (χ4v) is 4.44. The molecule has 7 nitrogen and oxygen atoms in total. The minimum atomic E-state index is -0.471. The van der Waals surface area contributed by atoms with Gasteiger partial charge in [0.25, 0.3) is 5.69 Å². The number of allylic oxidation sites excluding steroid dienone is 1. The highest BCUT2D eigenvalue weighted by Crippen LogP contribution is 2.40. The van der Waals surface area contributed by atoms with Gasteiger partial charge in [0.1, 0.15) is 11.5 Å². The summed E-state index contributed by atoms with van der Waals surface area (Å²) in [6.45, 7) is 6.84. The van der Waals surface area contributed by atoms with Crippen LogP contribution in [0.2, 0.25) is 0 Å². The van der Waals surface area contributed by atoms with Crippen molar-refractivity contribution < 1.29 is 19.6 Å². The van der Waals surface area contributed by atoms with Crippen molar-refractivity contribution in [2.45, 2.75) is 26.8 Å². The lowest BCUT2D eigenvalue weighted by Crippen LogP contribution is -2.38. The number of carbonyl (C=O) groups excluding carboxylic acids is 1. The average molecular weight is 408 g/mol. The highest BCUT2D eigenvalue weighted by atomic mass is 16.6. The van der Waals surface area contributed by atoms with Crippen LogP contribution in [-0.2, 0) is 6.54 Å². The first-order chi connectivity index (χ1) is 14.3. The molecule has 0 aliphatic carbocycles. The number of piperidine rings is 1. The second-order valence-electron chi connectivity index (χ2n) is 8.37. The number of nitrogens with zero attached hydrogens (tertiary/aromatic N) is 2. The maximum atomic E-state index is 12.8. The summed E-state index contributed by atoms with van der Waals surface area (Å²) < 4.78 is 5.90. The van der Waals surface area contributed by atoms with Gasteiger partial charge in [-0.1, -0.05) is 13.8 Å². The van der Waals surface area contributed by atoms with Gasteiger partial charge < -0.3 is 9.84 Å². The molecule has 0 saturated carbocycles. The molecule has 2 aliphatic heterocycles. The van der Waals surface area contributed by atoms with Crippen LogP contribution in [0.1, 0.15) is 41.8 Å². The van der Waals surface area contributed by atoms with Gasteiger partial charge in [-0.05, 0) is 54.2 Å². The molecule has 2 unspecified atom stereocenters. The standard InChI is InChI=1S/C23H24N2O5/c1-14-9-15(2)12-24(11-14)13-19-20(26)8-7-18-22(27)21(30-23(18)19)10-16-3-5-17(6-4-16)25(28)29/h3-8,10,14-15,26H,9,11-13H2,1-2H3/b21-10+. The lowest BCUT2D eigenvalue weighted by atomic mass is 9.91. The first-order valence-electron chi connectivity index (χ1n) is 10.1. The second-order valence-corrected chi connectivity index (χ2v) is 8.37. The molecule has 2 aromatic rings. The molecule has 1 N–H and O–H groups in total. The molecule has 2 aromatic carbocycles. The van der Waals surface area contributed by atoms with Crippen molar-refractivity contribution in [2.24, 2.45) is 11.8 Å². The van der Waals surface area contributed by atoms with Crippen molar-refractivity contribution in [3.05, 3.63) is 69.0 Å². The molecule has 1 fully saturated rings. The van der Waals surface area contributed by atoms with Crippen LogP contribution in [0.25, 0.3) is 6.08 Å². The summed E-state index contributed by atoms with van der Waals surface area (Å²) in [5.74, 6) is 1.56. The molecule has 156 valence electrons. The number of phenols is 1. The Morgan fingerprint density at radius 1 is 1.17 bits per heavy atom. The maximum absolute atomic E-state index is 12.8. The Labute approximate surface area is 174 Å². The maximum Gasteiger partial charge on any atom is 0.269 e. The fourth-order valence-electron chi connectivity index (χ4n) is 4.44. The van der Waals surface area contributed by atoms with Crippen LogP contribution in [0.5, 0.6) is 11.5 Å². The zero-order chi connectivity index (χ0) is 21.4. The third kappa shape index (κ3) is 3.93. The first-order valence-corrected chi connectivity index (χ1v) is 10.1. The van der Waals surface area contributed by atoms with Crippen LogP contribution in [-0.4, -0.2) is 33.8 Å². The Bertz CT molecular complexity index is 1020. The molecule has 7 heteroatoms. The summed E-state index contributed by atoms with van der Waals surface area (Å²) in [7, 11) is 0. The monoisotopic (exact) mass is 408 g/mol. The number of fused-ring (bicyclic) bond motifs is 1. The van der Waals surface area contributed by atoms with E-state index in [1.54, 1.807) is 30.3 Å². The average Bonchev–Trinajstić information content (AvgIpc) is 2.99. The zero-order valence-corrected chi connectivity index (χ0v) is 17.0. The number of non-ortho nitro benzene ring substituents is 1. The van der Waals surface area contributed by atoms with E-state index in [1.165, 1.54) is 18.6 Å². The topological polar surface area (TPSA) is 92.9 Å². The predicted molar refractivity (Wildman–Crippen MR) is 112 cm³/mol. The van der Waals surface area contributed by atoms with E-state index < -0.39 is 4.92 Å². The van der Waals surface area contributed by atoms with E-state index >= 15 is 0 Å². The molecule has 30 heavy (non-hydrogen) atoms. The predicted octanol–water partition coefficient (Wildman–Crippen LogP) is 4.39. The van der Waals surface area contributed by atoms with Crippen LogP contribution >= 0.6 is 0 Å². The van der Waals surface area contributed by atoms with Gasteiger partial charge in [-0.15, -0.1) is 0 Å². The number of aromatic hydroxyl groups is 1. The molecule has 0 spiro atoms. The van der Waals surface area contributed by atoms with Crippen molar-refractivity contribution in [3.8, 4) is 11.5 Å². The number of Topliss-reactive ketones (excluding diaryl/α,β-unsaturated/α-hetero) is 1. The van der Waals surface area contributed by atoms with Gasteiger partial charge in [0.05, 0.1) is 16.1 Å². The molecular weight excluding hydrogens is 384 g/mol. The molecule has 0 aromatic heterocycles. The van der Waals surface area contributed by atoms with E-state index in [-0.39, 0.29) is 23.0 Å². The molecule has 0 radical (unpaired) electrons. The number of ether oxygens (including phenoxy) is 1. The summed E-state index contributed by atoms with van der Waals surface area (Å²) >= 11 is 0. The Morgan fingerprint density at radius 3 is 2.47 bits per heavy atom. The van der Waals surface area contributed by atoms with E-state index in [0.29, 0.717) is 40.8 Å². The van der Waals surface area contributed by atoms with Gasteiger partial charge in [0.2, 0.25) is 5.78 Å². The number of phenolic OH excluding ortho intramolecular Hbond substituents is 1. The van der Waals surface area contributed by atoms with Crippen molar-refractivity contribution in [1.29, 1.82) is 0 Å². The number of benzene rings is 2. The van der Waals surface area contributed by atoms with Gasteiger partial charge in [-0.25, -0.2) is 0 Å². The number of rotatable bonds is 4. The summed E-state index contributed by atoms with van der Waals surface area (Å²) in [5, 5.41) is 21.3. The van der Waals surface area contributed by atoms with Gasteiger partial charge in [-0.3, -0.25) is 19.8 Å². The summed E-state index contributed by atoms with van der Waals surface area (Å²) in [6.07, 6.45) is 2.75. The first kappa shape index (κ1) is 20.1. The lowest BCUT2D eigenvalue weighted by Gasteiger charge is -2.35. The molecule has 0 amide bonds. The molecule has 2 atom stereocenters. The number of likely N-dealkylation sites (tertiary alicyclic amines) is 1. The van der Waals surface area contributed by atoms with Crippen molar-refractivity contribution in [2.75, 3.05) is 13.1 Å². The third-order valence-corrected chi connectivity index (χ3v) is 5.64. The van der Waals surface area contributed by atoms with Crippen LogP contribution in [0.3, 0.4) is 0 Å². The van der Waals surface area contributed by atoms with Crippen LogP contribution in [0.15, 0.2) is 42.2 Å². The zero-order valence-electron chi connectivity index (χ0n) is 17.0. The molecule has 1 saturated heterocycles. The van der Waals surface area contributed by atoms with Gasteiger partial charge in [0.15, 0.2) is 5.76 Å². The Morgan fingerprint density at radius 2 is 1.83 bits per heavy atom. The van der Waals surface area contributed by atoms with Gasteiger partial charge in [-0.2, -0.15) is 0 Å². The van der Waals surface area contributed by atoms with Gasteiger partial charge in [0, 0.05) is 31.8 Å². The molecule has 2 aliphatic rings. The summed E-state index contributed by atoms with van der Waals surface area (Å²) in [6, 6.07) is 9.03. The number of nitro groups is 1. The van der Waals surface area contributed by atoms with E-state index in [0.717, 1.165) is 13.1 Å². The number of nitro benzene ring substituents is 1. The summed E-state index contributed by atoms with van der Waals surface area (Å²) in [4.78, 5) is 25.5. The minimum absolute atomic E-state index is 0.0173. The van der Waals surface area contributed by atoms with Gasteiger partial charge >= 0.3 is 0 Å². The van der Waals surface area contributed by atoms with Crippen LogP contribution in [0.4, 0.5) is 5.69 Å². The van der Waals surface area contributed by atoms with E-state index in [2.05, 4.69) is 18.7 Å². The number of hydrogen-bond acceptors (Lipinski definition) is 6. The molecule has 0 bridgehead atoms. The molecular formula is C23H24N2O5. The second kappa shape index (κ2) is 7.91. The van der Waals surface area contributed by atoms with Crippen molar-refractivity contribution in [3.63, 3.8) is 0 Å². The number of ketones is 1. The highest BCUT2D eigenvalue weighted by Gasteiger charge is 2.32. The number of carbonyl (C=O) groups is 1. The summed E-state index contributed by atoms with van der Waals surface area (Å²) in [5.41, 5.74) is 1.65. The van der Waals surface area contributed by atoms with Crippen LogP contribution < -0.4 is 4.74 Å². The third-order valence-electron chi connectivity index (χ3n) is 5.64. The molecule has 4 rings (SSSR count). The van der Waals surface area contributed by atoms with E-state index in [1.807, 2.05) is 0 Å². The Kier molecular flexibility index (Phi) is 5.30. The van der Waals surface area contributed by atoms with E-state index in [9.17, 15) is 20.0 Å². The van der Waals surface area contributed by atoms with Crippen molar-refractivity contribution >= 4 is 17.5 Å². The highest BCUT2D eigenvalue weighted by molar-refractivity contribution is 6.15. The largest absolute Gasteiger partial charge is 0.507 e. The Balaban J connectivity index is 1.61. The fraction of sp³-hybridized carbons (Fsp3) is 0.348. The normalized spacial score (nSPS) is 22.7. The number of hydrogen-bond donors (Lipinski definition) is 1. The van der Waals surface area contributed by atoms with E-state index in [4.69, 9.17) is 4.74 Å². The smallest absolute Gasteiger partial charge is 0.269 e. The minimum Gasteiger partial charge on any atom is -0.507 e. The Hall–Kier alpha value is -3.19.